The molecule has 0 saturated heterocycles. The molecule has 0 radical (unpaired) electrons. The van der Waals surface area contributed by atoms with Crippen molar-refractivity contribution in [1.82, 2.24) is 0 Å². The summed E-state index contributed by atoms with van der Waals surface area (Å²) in [6, 6.07) is 5.67. The molecule has 0 aliphatic heterocycles. The Hall–Kier alpha value is -2.10. The molecular formula is C14H16FNO2. The molecule has 3 nitrogen and oxygen atoms in total. The molecule has 0 fully saturated rings. The lowest BCUT2D eigenvalue weighted by Crippen LogP contribution is -2.21. The largest absolute Gasteiger partial charge is 0.494 e. The molecular weight excluding hydrogens is 233 g/mol. The van der Waals surface area contributed by atoms with Crippen molar-refractivity contribution < 1.29 is 13.9 Å². The second-order valence-corrected chi connectivity index (χ2v) is 3.58. The van der Waals surface area contributed by atoms with E-state index in [4.69, 9.17) is 4.74 Å². The fourth-order valence-corrected chi connectivity index (χ4v) is 1.37. The van der Waals surface area contributed by atoms with Crippen LogP contribution in [-0.2, 0) is 9.53 Å². The molecule has 0 spiro atoms. The summed E-state index contributed by atoms with van der Waals surface area (Å²) < 4.78 is 18.0. The molecule has 0 unspecified atom stereocenters. The minimum Gasteiger partial charge on any atom is -0.494 e. The Balaban J connectivity index is 2.87. The van der Waals surface area contributed by atoms with E-state index in [2.05, 4.69) is 6.58 Å². The van der Waals surface area contributed by atoms with Gasteiger partial charge in [-0.15, -0.1) is 0 Å². The SMILES string of the molecule is C=C(/C=C\N(C(C)=O)c1ccc(F)cc1)OCC. The number of hydrogen-bond donors (Lipinski definition) is 0. The van der Waals surface area contributed by atoms with Crippen molar-refractivity contribution in [2.45, 2.75) is 13.8 Å². The number of halogens is 1. The van der Waals surface area contributed by atoms with Gasteiger partial charge < -0.3 is 4.74 Å². The van der Waals surface area contributed by atoms with Crippen molar-refractivity contribution in [2.75, 3.05) is 11.5 Å². The molecule has 1 aromatic carbocycles. The van der Waals surface area contributed by atoms with Crippen molar-refractivity contribution in [3.8, 4) is 0 Å². The number of amides is 1. The van der Waals surface area contributed by atoms with Crippen LogP contribution in [-0.4, -0.2) is 12.5 Å². The molecule has 0 heterocycles. The van der Waals surface area contributed by atoms with Gasteiger partial charge in [0.05, 0.1) is 6.61 Å². The van der Waals surface area contributed by atoms with Gasteiger partial charge in [-0.3, -0.25) is 9.69 Å². The predicted octanol–water partition coefficient (Wildman–Crippen LogP) is 3.24. The maximum atomic E-state index is 12.8. The molecule has 0 bridgehead atoms. The van der Waals surface area contributed by atoms with Crippen molar-refractivity contribution in [3.05, 3.63) is 54.7 Å². The van der Waals surface area contributed by atoms with Crippen molar-refractivity contribution in [2.24, 2.45) is 0 Å². The first-order valence-corrected chi connectivity index (χ1v) is 5.60. The summed E-state index contributed by atoms with van der Waals surface area (Å²) in [7, 11) is 0. The highest BCUT2D eigenvalue weighted by atomic mass is 19.1. The topological polar surface area (TPSA) is 29.5 Å². The van der Waals surface area contributed by atoms with Crippen molar-refractivity contribution in [3.63, 3.8) is 0 Å². The third kappa shape index (κ3) is 4.05. The Morgan fingerprint density at radius 3 is 2.56 bits per heavy atom. The summed E-state index contributed by atoms with van der Waals surface area (Å²) in [6.45, 7) is 7.47. The van der Waals surface area contributed by atoms with Crippen molar-refractivity contribution >= 4 is 11.6 Å². The zero-order valence-corrected chi connectivity index (χ0v) is 10.5. The van der Waals surface area contributed by atoms with Gasteiger partial charge in [0.25, 0.3) is 0 Å². The summed E-state index contributed by atoms with van der Waals surface area (Å²) in [6.07, 6.45) is 3.14. The molecule has 4 heteroatoms. The van der Waals surface area contributed by atoms with Crippen molar-refractivity contribution in [1.29, 1.82) is 0 Å². The van der Waals surface area contributed by atoms with Crippen LogP contribution in [0, 0.1) is 5.82 Å². The van der Waals surface area contributed by atoms with Gasteiger partial charge in [0.1, 0.15) is 11.6 Å². The normalized spacial score (nSPS) is 10.4. The lowest BCUT2D eigenvalue weighted by molar-refractivity contribution is -0.116. The number of carbonyl (C=O) groups is 1. The number of anilines is 1. The number of allylic oxidation sites excluding steroid dienone is 1. The molecule has 0 aliphatic rings. The molecule has 1 rings (SSSR count). The number of ether oxygens (including phenoxy) is 1. The zero-order valence-electron chi connectivity index (χ0n) is 10.5. The molecule has 0 aliphatic carbocycles. The van der Waals surface area contributed by atoms with Crippen LogP contribution in [0.4, 0.5) is 10.1 Å². The quantitative estimate of drug-likeness (QED) is 0.592. The summed E-state index contributed by atoms with van der Waals surface area (Å²) >= 11 is 0. The molecule has 96 valence electrons. The van der Waals surface area contributed by atoms with Gasteiger partial charge in [-0.05, 0) is 37.3 Å². The highest BCUT2D eigenvalue weighted by Crippen LogP contribution is 2.16. The fourth-order valence-electron chi connectivity index (χ4n) is 1.37. The van der Waals surface area contributed by atoms with Crippen LogP contribution < -0.4 is 4.90 Å². The van der Waals surface area contributed by atoms with E-state index in [1.165, 1.54) is 36.1 Å². The van der Waals surface area contributed by atoms with Gasteiger partial charge in [0.15, 0.2) is 0 Å². The van der Waals surface area contributed by atoms with E-state index >= 15 is 0 Å². The molecule has 1 aromatic rings. The van der Waals surface area contributed by atoms with E-state index in [1.54, 1.807) is 12.3 Å². The Labute approximate surface area is 106 Å². The average molecular weight is 249 g/mol. The van der Waals surface area contributed by atoms with Gasteiger partial charge in [-0.1, -0.05) is 6.58 Å². The van der Waals surface area contributed by atoms with Gasteiger partial charge in [0, 0.05) is 18.8 Å². The van der Waals surface area contributed by atoms with E-state index in [1.807, 2.05) is 6.92 Å². The highest BCUT2D eigenvalue weighted by Gasteiger charge is 2.07. The van der Waals surface area contributed by atoms with Crippen LogP contribution in [0.3, 0.4) is 0 Å². The third-order valence-electron chi connectivity index (χ3n) is 2.18. The lowest BCUT2D eigenvalue weighted by atomic mass is 10.3. The number of nitrogens with zero attached hydrogens (tertiary/aromatic N) is 1. The smallest absolute Gasteiger partial charge is 0.227 e. The van der Waals surface area contributed by atoms with Gasteiger partial charge >= 0.3 is 0 Å². The maximum absolute atomic E-state index is 12.8. The zero-order chi connectivity index (χ0) is 13.5. The maximum Gasteiger partial charge on any atom is 0.227 e. The summed E-state index contributed by atoms with van der Waals surface area (Å²) in [5.41, 5.74) is 0.587. The predicted molar refractivity (Wildman–Crippen MR) is 69.5 cm³/mol. The summed E-state index contributed by atoms with van der Waals surface area (Å²) in [5.74, 6) is -0.0574. The second kappa shape index (κ2) is 6.59. The number of rotatable bonds is 5. The van der Waals surface area contributed by atoms with E-state index in [0.717, 1.165) is 0 Å². The van der Waals surface area contributed by atoms with Crippen LogP contribution in [0.25, 0.3) is 0 Å². The third-order valence-corrected chi connectivity index (χ3v) is 2.18. The minimum absolute atomic E-state index is 0.179. The first-order valence-electron chi connectivity index (χ1n) is 5.60. The Bertz CT molecular complexity index is 451. The molecule has 1 amide bonds. The lowest BCUT2D eigenvalue weighted by Gasteiger charge is -2.16. The van der Waals surface area contributed by atoms with Crippen LogP contribution in [0.15, 0.2) is 48.9 Å². The molecule has 0 atom stereocenters. The first-order chi connectivity index (χ1) is 8.54. The van der Waals surface area contributed by atoms with Crippen LogP contribution in [0.1, 0.15) is 13.8 Å². The number of hydrogen-bond acceptors (Lipinski definition) is 2. The summed E-state index contributed by atoms with van der Waals surface area (Å²) in [5, 5.41) is 0. The number of carbonyl (C=O) groups excluding carboxylic acids is 1. The van der Waals surface area contributed by atoms with E-state index in [0.29, 0.717) is 18.1 Å². The standard InChI is InChI=1S/C14H16FNO2/c1-4-18-11(2)9-10-16(12(3)17)14-7-5-13(15)6-8-14/h5-10H,2,4H2,1,3H3/b10-9-. The van der Waals surface area contributed by atoms with Gasteiger partial charge in [-0.25, -0.2) is 4.39 Å². The van der Waals surface area contributed by atoms with Gasteiger partial charge in [0.2, 0.25) is 5.91 Å². The van der Waals surface area contributed by atoms with Gasteiger partial charge in [-0.2, -0.15) is 0 Å². The molecule has 0 saturated carbocycles. The van der Waals surface area contributed by atoms with E-state index in [9.17, 15) is 9.18 Å². The molecule has 0 N–H and O–H groups in total. The Morgan fingerprint density at radius 2 is 2.06 bits per heavy atom. The van der Waals surface area contributed by atoms with Crippen LogP contribution in [0.2, 0.25) is 0 Å². The monoisotopic (exact) mass is 249 g/mol. The summed E-state index contributed by atoms with van der Waals surface area (Å²) in [4.78, 5) is 12.9. The van der Waals surface area contributed by atoms with Crippen LogP contribution >= 0.6 is 0 Å². The number of benzene rings is 1. The average Bonchev–Trinajstić information content (AvgIpc) is 2.31. The Morgan fingerprint density at radius 1 is 1.44 bits per heavy atom. The van der Waals surface area contributed by atoms with E-state index in [-0.39, 0.29) is 11.7 Å². The fraction of sp³-hybridized carbons (Fsp3) is 0.214. The van der Waals surface area contributed by atoms with E-state index < -0.39 is 0 Å². The molecule has 18 heavy (non-hydrogen) atoms. The minimum atomic E-state index is -0.343. The Kier molecular flexibility index (Phi) is 5.11. The van der Waals surface area contributed by atoms with Crippen LogP contribution in [0.5, 0.6) is 0 Å². The highest BCUT2D eigenvalue weighted by molar-refractivity contribution is 5.93. The first kappa shape index (κ1) is 14.0. The second-order valence-electron chi connectivity index (χ2n) is 3.58. The molecule has 0 aromatic heterocycles.